The number of carbonyl (C=O) groups is 1. The quantitative estimate of drug-likeness (QED) is 0.777. The molecular formula is C16H22NO3-. The lowest BCUT2D eigenvalue weighted by molar-refractivity contribution is -0.0617. The number of hydroxylamine groups is 2. The highest BCUT2D eigenvalue weighted by Crippen LogP contribution is 2.38. The molecular weight excluding hydrogens is 254 g/mol. The maximum atomic E-state index is 12.2. The number of ether oxygens (including phenoxy) is 1. The summed E-state index contributed by atoms with van der Waals surface area (Å²) in [5, 5.41) is 13.4. The minimum absolute atomic E-state index is 0.224. The molecule has 1 aliphatic heterocycles. The van der Waals surface area contributed by atoms with Gasteiger partial charge >= 0.3 is 5.97 Å². The molecule has 20 heavy (non-hydrogen) atoms. The number of rotatable bonds is 2. The molecule has 1 aromatic carbocycles. The Hall–Kier alpha value is -1.39. The molecule has 0 N–H and O–H groups in total. The van der Waals surface area contributed by atoms with Crippen molar-refractivity contribution in [1.82, 2.24) is 5.06 Å². The van der Waals surface area contributed by atoms with E-state index in [-0.39, 0.29) is 12.1 Å². The van der Waals surface area contributed by atoms with Crippen molar-refractivity contribution in [1.29, 1.82) is 0 Å². The Morgan fingerprint density at radius 2 is 1.65 bits per heavy atom. The van der Waals surface area contributed by atoms with Crippen LogP contribution in [0.5, 0.6) is 0 Å². The fourth-order valence-electron chi connectivity index (χ4n) is 3.05. The molecule has 1 fully saturated rings. The van der Waals surface area contributed by atoms with Crippen LogP contribution in [0.1, 0.15) is 50.9 Å². The number of hydrogen-bond donors (Lipinski definition) is 0. The first-order chi connectivity index (χ1) is 9.22. The summed E-state index contributed by atoms with van der Waals surface area (Å²) in [7, 11) is 0. The van der Waals surface area contributed by atoms with Crippen LogP contribution in [0.25, 0.3) is 0 Å². The van der Waals surface area contributed by atoms with Gasteiger partial charge in [0.15, 0.2) is 0 Å². The van der Waals surface area contributed by atoms with E-state index in [0.29, 0.717) is 18.4 Å². The molecule has 110 valence electrons. The predicted molar refractivity (Wildman–Crippen MR) is 78.2 cm³/mol. The van der Waals surface area contributed by atoms with Gasteiger partial charge in [-0.2, -0.15) is 0 Å². The number of carbonyl (C=O) groups excluding carboxylic acids is 1. The van der Waals surface area contributed by atoms with Gasteiger partial charge in [-0.3, -0.25) is 0 Å². The van der Waals surface area contributed by atoms with E-state index in [9.17, 15) is 10.0 Å². The summed E-state index contributed by atoms with van der Waals surface area (Å²) in [5.41, 5.74) is -0.500. The van der Waals surface area contributed by atoms with Gasteiger partial charge in [0.2, 0.25) is 0 Å². The van der Waals surface area contributed by atoms with Crippen LogP contribution < -0.4 is 0 Å². The van der Waals surface area contributed by atoms with Crippen LogP contribution in [0, 0.1) is 5.21 Å². The SMILES string of the molecule is CC1(C)CC(OC(=O)c2ccccc2)CC(C)(C)N1[O-]. The molecule has 2 rings (SSSR count). The Morgan fingerprint density at radius 1 is 1.15 bits per heavy atom. The maximum Gasteiger partial charge on any atom is 0.338 e. The summed E-state index contributed by atoms with van der Waals surface area (Å²) in [6.45, 7) is 7.57. The second-order valence-corrected chi connectivity index (χ2v) is 6.72. The van der Waals surface area contributed by atoms with Gasteiger partial charge in [0.25, 0.3) is 0 Å². The van der Waals surface area contributed by atoms with Crippen LogP contribution >= 0.6 is 0 Å². The third kappa shape index (κ3) is 3.02. The van der Waals surface area contributed by atoms with Crippen LogP contribution in [0.15, 0.2) is 30.3 Å². The number of nitrogens with zero attached hydrogens (tertiary/aromatic N) is 1. The van der Waals surface area contributed by atoms with Gasteiger partial charge in [0, 0.05) is 23.9 Å². The van der Waals surface area contributed by atoms with E-state index in [4.69, 9.17) is 4.74 Å². The Morgan fingerprint density at radius 3 is 2.15 bits per heavy atom. The van der Waals surface area contributed by atoms with E-state index in [2.05, 4.69) is 0 Å². The molecule has 1 aliphatic rings. The van der Waals surface area contributed by atoms with Crippen molar-refractivity contribution in [3.05, 3.63) is 41.1 Å². The fourth-order valence-corrected chi connectivity index (χ4v) is 3.05. The van der Waals surface area contributed by atoms with Gasteiger partial charge in [-0.05, 0) is 39.8 Å². The Bertz CT molecular complexity index is 464. The highest BCUT2D eigenvalue weighted by atomic mass is 16.5. The highest BCUT2D eigenvalue weighted by Gasteiger charge is 2.41. The van der Waals surface area contributed by atoms with E-state index in [1.54, 1.807) is 12.1 Å². The molecule has 0 bridgehead atoms. The van der Waals surface area contributed by atoms with Crippen molar-refractivity contribution in [2.45, 2.75) is 57.7 Å². The van der Waals surface area contributed by atoms with Crippen molar-refractivity contribution in [3.8, 4) is 0 Å². The lowest BCUT2D eigenvalue weighted by Gasteiger charge is -2.59. The fraction of sp³-hybridized carbons (Fsp3) is 0.562. The summed E-state index contributed by atoms with van der Waals surface area (Å²) in [6.07, 6.45) is 0.884. The van der Waals surface area contributed by atoms with Gasteiger partial charge in [0.1, 0.15) is 6.10 Å². The summed E-state index contributed by atoms with van der Waals surface area (Å²) >= 11 is 0. The molecule has 0 aromatic heterocycles. The average Bonchev–Trinajstić information content (AvgIpc) is 2.36. The number of benzene rings is 1. The van der Waals surface area contributed by atoms with Crippen LogP contribution in [-0.2, 0) is 4.74 Å². The lowest BCUT2D eigenvalue weighted by atomic mass is 9.80. The topological polar surface area (TPSA) is 52.6 Å². The van der Waals surface area contributed by atoms with E-state index in [1.807, 2.05) is 45.9 Å². The smallest absolute Gasteiger partial charge is 0.338 e. The summed E-state index contributed by atoms with van der Waals surface area (Å²) in [5.74, 6) is -0.318. The molecule has 0 spiro atoms. The van der Waals surface area contributed by atoms with Crippen LogP contribution in [-0.4, -0.2) is 28.2 Å². The molecule has 0 amide bonds. The molecule has 0 unspecified atom stereocenters. The first kappa shape index (κ1) is 15.0. The molecule has 4 nitrogen and oxygen atoms in total. The second-order valence-electron chi connectivity index (χ2n) is 6.72. The molecule has 1 heterocycles. The van der Waals surface area contributed by atoms with E-state index >= 15 is 0 Å². The van der Waals surface area contributed by atoms with Crippen molar-refractivity contribution in [2.24, 2.45) is 0 Å². The number of hydrogen-bond acceptors (Lipinski definition) is 4. The highest BCUT2D eigenvalue weighted by molar-refractivity contribution is 5.89. The molecule has 4 heteroatoms. The zero-order valence-corrected chi connectivity index (χ0v) is 12.6. The van der Waals surface area contributed by atoms with Crippen molar-refractivity contribution < 1.29 is 9.53 Å². The monoisotopic (exact) mass is 276 g/mol. The molecule has 0 radical (unpaired) electrons. The summed E-state index contributed by atoms with van der Waals surface area (Å²) in [6, 6.07) is 8.96. The van der Waals surface area contributed by atoms with Gasteiger partial charge in [-0.1, -0.05) is 18.2 Å². The van der Waals surface area contributed by atoms with Gasteiger partial charge in [-0.15, -0.1) is 0 Å². The van der Waals surface area contributed by atoms with Crippen LogP contribution in [0.4, 0.5) is 0 Å². The minimum atomic E-state index is -0.524. The second kappa shape index (κ2) is 5.19. The zero-order valence-electron chi connectivity index (χ0n) is 12.6. The molecule has 0 aliphatic carbocycles. The first-order valence-electron chi connectivity index (χ1n) is 6.96. The lowest BCUT2D eigenvalue weighted by Crippen LogP contribution is -2.59. The predicted octanol–water partition coefficient (Wildman–Crippen LogP) is 3.36. The van der Waals surface area contributed by atoms with Crippen molar-refractivity contribution in [2.75, 3.05) is 0 Å². The largest absolute Gasteiger partial charge is 0.784 e. The van der Waals surface area contributed by atoms with E-state index < -0.39 is 11.1 Å². The summed E-state index contributed by atoms with van der Waals surface area (Å²) in [4.78, 5) is 12.1. The number of esters is 1. The Balaban J connectivity index is 2.09. The van der Waals surface area contributed by atoms with Crippen LogP contribution in [0.2, 0.25) is 0 Å². The van der Waals surface area contributed by atoms with Gasteiger partial charge < -0.3 is 15.0 Å². The van der Waals surface area contributed by atoms with Gasteiger partial charge in [0.05, 0.1) is 5.56 Å². The van der Waals surface area contributed by atoms with E-state index in [1.165, 1.54) is 0 Å². The molecule has 1 aromatic rings. The van der Waals surface area contributed by atoms with Gasteiger partial charge in [-0.25, -0.2) is 4.79 Å². The first-order valence-corrected chi connectivity index (χ1v) is 6.96. The zero-order chi connectivity index (χ0) is 15.0. The molecule has 0 atom stereocenters. The van der Waals surface area contributed by atoms with Crippen LogP contribution in [0.3, 0.4) is 0 Å². The minimum Gasteiger partial charge on any atom is -0.784 e. The van der Waals surface area contributed by atoms with Crippen molar-refractivity contribution >= 4 is 5.97 Å². The average molecular weight is 276 g/mol. The van der Waals surface area contributed by atoms with E-state index in [0.717, 1.165) is 5.06 Å². The molecule has 1 saturated heterocycles. The normalized spacial score (nSPS) is 22.4. The third-order valence-electron chi connectivity index (χ3n) is 3.84. The Labute approximate surface area is 120 Å². The van der Waals surface area contributed by atoms with Crippen molar-refractivity contribution in [3.63, 3.8) is 0 Å². The molecule has 0 saturated carbocycles. The standard InChI is InChI=1S/C16H22NO3/c1-15(2)10-13(11-16(3,4)17(15)19)20-14(18)12-8-6-5-7-9-12/h5-9,13H,10-11H2,1-4H3/q-1. The summed E-state index contributed by atoms with van der Waals surface area (Å²) < 4.78 is 5.59. The Kier molecular flexibility index (Phi) is 3.89. The third-order valence-corrected chi connectivity index (χ3v) is 3.84. The maximum absolute atomic E-state index is 12.2. The number of piperidine rings is 1.